The summed E-state index contributed by atoms with van der Waals surface area (Å²) in [4.78, 5) is 41.8. The molecule has 1 aliphatic heterocycles. The molecule has 41 heavy (non-hydrogen) atoms. The zero-order valence-electron chi connectivity index (χ0n) is 23.4. The molecule has 1 saturated heterocycles. The van der Waals surface area contributed by atoms with Crippen molar-refractivity contribution in [2.45, 2.75) is 70.0 Å². The lowest BCUT2D eigenvalue weighted by molar-refractivity contribution is -0.167. The predicted octanol–water partition coefficient (Wildman–Crippen LogP) is 2.83. The third-order valence-electron chi connectivity index (χ3n) is 6.74. The van der Waals surface area contributed by atoms with Crippen LogP contribution in [0.15, 0.2) is 42.6 Å². The summed E-state index contributed by atoms with van der Waals surface area (Å²) in [6, 6.07) is 9.61. The van der Waals surface area contributed by atoms with Crippen LogP contribution in [0.2, 0.25) is 0 Å². The number of hydrogen-bond donors (Lipinski definition) is 1. The van der Waals surface area contributed by atoms with Crippen molar-refractivity contribution in [1.29, 1.82) is 0 Å². The Morgan fingerprint density at radius 1 is 1.10 bits per heavy atom. The average Bonchev–Trinajstić information content (AvgIpc) is 3.49. The molecule has 1 N–H and O–H groups in total. The van der Waals surface area contributed by atoms with E-state index in [4.69, 9.17) is 33.2 Å². The van der Waals surface area contributed by atoms with Crippen molar-refractivity contribution >= 4 is 17.8 Å². The molecule has 12 nitrogen and oxygen atoms in total. The van der Waals surface area contributed by atoms with Gasteiger partial charge >= 0.3 is 11.9 Å². The number of pyridine rings is 1. The molecule has 1 aromatic carbocycles. The lowest BCUT2D eigenvalue weighted by atomic mass is 10.1. The van der Waals surface area contributed by atoms with E-state index in [1.54, 1.807) is 6.92 Å². The van der Waals surface area contributed by atoms with Gasteiger partial charge in [-0.25, -0.2) is 9.78 Å². The van der Waals surface area contributed by atoms with Gasteiger partial charge in [-0.2, -0.15) is 0 Å². The molecule has 0 unspecified atom stereocenters. The maximum Gasteiger partial charge on any atom is 0.331 e. The summed E-state index contributed by atoms with van der Waals surface area (Å²) in [7, 11) is 1.39. The Balaban J connectivity index is 1.51. The molecule has 222 valence electrons. The number of para-hydroxylation sites is 1. The lowest BCUT2D eigenvalue weighted by Gasteiger charge is -2.33. The second kappa shape index (κ2) is 14.6. The van der Waals surface area contributed by atoms with Crippen LogP contribution in [-0.4, -0.2) is 80.4 Å². The first-order valence-electron chi connectivity index (χ1n) is 13.6. The van der Waals surface area contributed by atoms with E-state index < -0.39 is 49.0 Å². The molecule has 1 aromatic heterocycles. The Morgan fingerprint density at radius 2 is 1.85 bits per heavy atom. The first-order chi connectivity index (χ1) is 19.9. The van der Waals surface area contributed by atoms with Gasteiger partial charge in [0.15, 0.2) is 29.3 Å². The maximum absolute atomic E-state index is 13.3. The standard InChI is InChI=1S/C29H36N2O10/c1-18-26(41-21-11-7-8-12-21)24(40-20-9-5-4-6-10-20)16-36-15-22(29(34)39-18)31-28(33)25-27(38-17-37-19(2)32)23(35-3)13-14-30-25/h4-6,9-10,13-14,18,21-22,24,26H,7-8,11-12,15-17H2,1-3H3,(H,31,33)/t18-,22-,24-,26-/m0/s1. The summed E-state index contributed by atoms with van der Waals surface area (Å²) in [5.41, 5.74) is -0.176. The fraction of sp³-hybridized carbons (Fsp3) is 0.517. The summed E-state index contributed by atoms with van der Waals surface area (Å²) in [6.45, 7) is 2.41. The number of hydrogen-bond acceptors (Lipinski definition) is 11. The topological polar surface area (TPSA) is 141 Å². The zero-order valence-corrected chi connectivity index (χ0v) is 23.4. The fourth-order valence-corrected chi connectivity index (χ4v) is 4.71. The number of cyclic esters (lactones) is 1. The molecule has 1 aliphatic carbocycles. The summed E-state index contributed by atoms with van der Waals surface area (Å²) in [6.07, 6.45) is 3.50. The molecule has 0 spiro atoms. The van der Waals surface area contributed by atoms with E-state index in [1.807, 2.05) is 30.3 Å². The number of methoxy groups -OCH3 is 1. The quantitative estimate of drug-likeness (QED) is 0.332. The number of carbonyl (C=O) groups excluding carboxylic acids is 3. The van der Waals surface area contributed by atoms with Gasteiger partial charge in [-0.1, -0.05) is 31.0 Å². The van der Waals surface area contributed by atoms with E-state index in [0.717, 1.165) is 25.7 Å². The molecule has 2 heterocycles. The van der Waals surface area contributed by atoms with Crippen molar-refractivity contribution in [3.8, 4) is 17.2 Å². The second-order valence-corrected chi connectivity index (χ2v) is 9.77. The third kappa shape index (κ3) is 8.30. The molecule has 4 rings (SSSR count). The van der Waals surface area contributed by atoms with Crippen molar-refractivity contribution in [1.82, 2.24) is 10.3 Å². The van der Waals surface area contributed by atoms with Gasteiger partial charge in [-0.3, -0.25) is 9.59 Å². The Kier molecular flexibility index (Phi) is 10.7. The van der Waals surface area contributed by atoms with Crippen LogP contribution >= 0.6 is 0 Å². The number of nitrogens with zero attached hydrogens (tertiary/aromatic N) is 1. The van der Waals surface area contributed by atoms with Gasteiger partial charge in [0.25, 0.3) is 5.91 Å². The van der Waals surface area contributed by atoms with E-state index in [2.05, 4.69) is 10.3 Å². The molecular formula is C29H36N2O10. The Hall–Kier alpha value is -3.90. The molecule has 12 heteroatoms. The summed E-state index contributed by atoms with van der Waals surface area (Å²) >= 11 is 0. The SMILES string of the molecule is COc1ccnc(C(=O)N[C@H]2COC[C@H](Oc3ccccc3)[C@@H](OC3CCCC3)[C@H](C)OC2=O)c1OCOC(C)=O. The van der Waals surface area contributed by atoms with Crippen molar-refractivity contribution in [2.24, 2.45) is 0 Å². The Morgan fingerprint density at radius 3 is 2.56 bits per heavy atom. The molecule has 0 radical (unpaired) electrons. The maximum atomic E-state index is 13.3. The van der Waals surface area contributed by atoms with E-state index in [-0.39, 0.29) is 36.5 Å². The second-order valence-electron chi connectivity index (χ2n) is 9.77. The monoisotopic (exact) mass is 572 g/mol. The minimum absolute atomic E-state index is 0.0313. The van der Waals surface area contributed by atoms with Crippen LogP contribution in [0.1, 0.15) is 50.0 Å². The van der Waals surface area contributed by atoms with Crippen molar-refractivity contribution in [2.75, 3.05) is 27.1 Å². The van der Waals surface area contributed by atoms with Crippen molar-refractivity contribution in [3.63, 3.8) is 0 Å². The van der Waals surface area contributed by atoms with Gasteiger partial charge < -0.3 is 38.5 Å². The van der Waals surface area contributed by atoms with E-state index >= 15 is 0 Å². The Labute approximate surface area is 238 Å². The van der Waals surface area contributed by atoms with Crippen LogP contribution in [0, 0.1) is 0 Å². The van der Waals surface area contributed by atoms with Gasteiger partial charge in [0.05, 0.1) is 26.4 Å². The van der Waals surface area contributed by atoms with Crippen molar-refractivity contribution < 1.29 is 47.5 Å². The van der Waals surface area contributed by atoms with Gasteiger partial charge in [0.1, 0.15) is 18.0 Å². The average molecular weight is 573 g/mol. The summed E-state index contributed by atoms with van der Waals surface area (Å²) in [5, 5.41) is 2.62. The largest absolute Gasteiger partial charge is 0.493 e. The smallest absolute Gasteiger partial charge is 0.331 e. The number of rotatable bonds is 10. The first-order valence-corrected chi connectivity index (χ1v) is 13.6. The minimum Gasteiger partial charge on any atom is -0.493 e. The van der Waals surface area contributed by atoms with E-state index in [0.29, 0.717) is 5.75 Å². The van der Waals surface area contributed by atoms with Gasteiger partial charge in [0, 0.05) is 19.2 Å². The first kappa shape index (κ1) is 30.1. The number of ether oxygens (including phenoxy) is 7. The number of aromatic nitrogens is 1. The van der Waals surface area contributed by atoms with Gasteiger partial charge in [-0.05, 0) is 31.9 Å². The number of carbonyl (C=O) groups is 3. The van der Waals surface area contributed by atoms with Crippen LogP contribution in [-0.2, 0) is 28.5 Å². The molecule has 0 bridgehead atoms. The number of amides is 1. The molecular weight excluding hydrogens is 536 g/mol. The van der Waals surface area contributed by atoms with E-state index in [9.17, 15) is 14.4 Å². The zero-order chi connectivity index (χ0) is 29.2. The molecule has 2 aliphatic rings. The van der Waals surface area contributed by atoms with Crippen LogP contribution in [0.3, 0.4) is 0 Å². The number of esters is 2. The van der Waals surface area contributed by atoms with E-state index in [1.165, 1.54) is 26.3 Å². The lowest BCUT2D eigenvalue weighted by Crippen LogP contribution is -2.48. The third-order valence-corrected chi connectivity index (χ3v) is 6.74. The Bertz CT molecular complexity index is 1170. The highest BCUT2D eigenvalue weighted by Crippen LogP contribution is 2.30. The molecule has 1 saturated carbocycles. The summed E-state index contributed by atoms with van der Waals surface area (Å²) in [5.74, 6) is -1.24. The normalized spacial score (nSPS) is 23.3. The number of benzene rings is 1. The minimum atomic E-state index is -1.16. The van der Waals surface area contributed by atoms with Crippen LogP contribution < -0.4 is 19.5 Å². The molecule has 2 aromatic rings. The van der Waals surface area contributed by atoms with Crippen LogP contribution in [0.4, 0.5) is 0 Å². The van der Waals surface area contributed by atoms with Crippen LogP contribution in [0.25, 0.3) is 0 Å². The highest BCUT2D eigenvalue weighted by molar-refractivity contribution is 5.98. The molecule has 2 fully saturated rings. The van der Waals surface area contributed by atoms with Gasteiger partial charge in [-0.15, -0.1) is 0 Å². The number of nitrogens with one attached hydrogen (secondary N) is 1. The molecule has 4 atom stereocenters. The summed E-state index contributed by atoms with van der Waals surface area (Å²) < 4.78 is 39.9. The van der Waals surface area contributed by atoms with Crippen LogP contribution in [0.5, 0.6) is 17.2 Å². The predicted molar refractivity (Wildman–Crippen MR) is 144 cm³/mol. The fourth-order valence-electron chi connectivity index (χ4n) is 4.71. The molecule has 1 amide bonds. The van der Waals surface area contributed by atoms with Crippen molar-refractivity contribution in [3.05, 3.63) is 48.3 Å². The highest BCUT2D eigenvalue weighted by atomic mass is 16.7. The van der Waals surface area contributed by atoms with Gasteiger partial charge in [0.2, 0.25) is 6.79 Å². The highest BCUT2D eigenvalue weighted by Gasteiger charge is 2.39.